The number of carbonyl (C=O) groups excluding carboxylic acids is 2. The summed E-state index contributed by atoms with van der Waals surface area (Å²) < 4.78 is 6.97. The van der Waals surface area contributed by atoms with Gasteiger partial charge in [0.15, 0.2) is 5.17 Å². The molecule has 0 saturated carbocycles. The number of amidine groups is 1. The van der Waals surface area contributed by atoms with Gasteiger partial charge in [0.2, 0.25) is 0 Å². The number of amides is 1. The number of aromatic nitrogens is 1. The van der Waals surface area contributed by atoms with Crippen LogP contribution in [0.1, 0.15) is 34.1 Å². The summed E-state index contributed by atoms with van der Waals surface area (Å²) >= 11 is 13.9. The van der Waals surface area contributed by atoms with Gasteiger partial charge in [0.1, 0.15) is 0 Å². The molecule has 4 aromatic rings. The van der Waals surface area contributed by atoms with E-state index >= 15 is 0 Å². The fourth-order valence-electron chi connectivity index (χ4n) is 4.57. The first-order chi connectivity index (χ1) is 18.8. The van der Waals surface area contributed by atoms with E-state index in [-0.39, 0.29) is 5.91 Å². The van der Waals surface area contributed by atoms with Gasteiger partial charge in [-0.1, -0.05) is 47.5 Å². The molecule has 0 atom stereocenters. The lowest BCUT2D eigenvalue weighted by Gasteiger charge is -2.12. The van der Waals surface area contributed by atoms with Crippen molar-refractivity contribution in [3.05, 3.63) is 104 Å². The van der Waals surface area contributed by atoms with E-state index in [1.807, 2.05) is 37.3 Å². The average molecular weight is 579 g/mol. The molecule has 0 unspecified atom stereocenters. The smallest absolute Gasteiger partial charge is 0.337 e. The van der Waals surface area contributed by atoms with E-state index in [9.17, 15) is 9.59 Å². The third kappa shape index (κ3) is 5.35. The molecule has 0 spiro atoms. The zero-order valence-corrected chi connectivity index (χ0v) is 23.9. The van der Waals surface area contributed by atoms with E-state index in [4.69, 9.17) is 32.9 Å². The van der Waals surface area contributed by atoms with Crippen molar-refractivity contribution in [3.8, 4) is 0 Å². The zero-order chi connectivity index (χ0) is 27.7. The van der Waals surface area contributed by atoms with E-state index in [0.717, 1.165) is 27.7 Å². The highest BCUT2D eigenvalue weighted by Gasteiger charge is 2.33. The Morgan fingerprint density at radius 2 is 1.82 bits per heavy atom. The van der Waals surface area contributed by atoms with E-state index in [1.165, 1.54) is 18.9 Å². The molecule has 0 bridgehead atoms. The molecule has 1 fully saturated rings. The molecule has 198 valence electrons. The van der Waals surface area contributed by atoms with E-state index in [1.54, 1.807) is 35.2 Å². The number of ether oxygens (including phenoxy) is 1. The summed E-state index contributed by atoms with van der Waals surface area (Å²) in [6, 6.07) is 20.4. The maximum absolute atomic E-state index is 13.4. The summed E-state index contributed by atoms with van der Waals surface area (Å²) in [5.41, 5.74) is 5.10. The zero-order valence-electron chi connectivity index (χ0n) is 21.6. The van der Waals surface area contributed by atoms with Crippen LogP contribution in [0.15, 0.2) is 76.6 Å². The first-order valence-corrected chi connectivity index (χ1v) is 13.9. The Hall–Kier alpha value is -3.52. The van der Waals surface area contributed by atoms with Crippen molar-refractivity contribution >= 4 is 74.7 Å². The van der Waals surface area contributed by atoms with Crippen LogP contribution in [-0.4, -0.2) is 40.2 Å². The second-order valence-corrected chi connectivity index (χ2v) is 10.8. The van der Waals surface area contributed by atoms with E-state index < -0.39 is 5.97 Å². The predicted octanol–water partition coefficient (Wildman–Crippen LogP) is 7.72. The number of thioether (sulfide) groups is 1. The minimum absolute atomic E-state index is 0.0931. The van der Waals surface area contributed by atoms with Crippen LogP contribution in [0.25, 0.3) is 17.0 Å². The number of fused-ring (bicyclic) bond motifs is 1. The van der Waals surface area contributed by atoms with Crippen molar-refractivity contribution in [3.63, 3.8) is 0 Å². The summed E-state index contributed by atoms with van der Waals surface area (Å²) in [5.74, 6) is -0.502. The third-order valence-electron chi connectivity index (χ3n) is 6.62. The van der Waals surface area contributed by atoms with Gasteiger partial charge >= 0.3 is 5.97 Å². The SMILES string of the molecule is CCN1C(=O)/C(=C\c2c(C)n(Cc3ccc(Cl)cc3Cl)c3ccccc23)SC1=Nc1ccc(C(=O)OC)cc1. The van der Waals surface area contributed by atoms with Crippen molar-refractivity contribution in [2.45, 2.75) is 20.4 Å². The molecule has 1 aliphatic rings. The minimum atomic E-state index is -0.409. The second-order valence-electron chi connectivity index (χ2n) is 8.93. The number of aliphatic imine (C=N–C) groups is 1. The van der Waals surface area contributed by atoms with Gasteiger partial charge in [-0.2, -0.15) is 0 Å². The van der Waals surface area contributed by atoms with Gasteiger partial charge in [0.05, 0.1) is 23.3 Å². The molecule has 1 saturated heterocycles. The quantitative estimate of drug-likeness (QED) is 0.174. The number of esters is 1. The lowest BCUT2D eigenvalue weighted by molar-refractivity contribution is -0.122. The molecule has 1 amide bonds. The maximum atomic E-state index is 13.4. The standard InChI is InChI=1S/C30H25Cl2N3O3S/c1-4-34-28(36)27(39-30(34)33-22-13-10-19(11-14-22)29(37)38-3)16-24-18(2)35(26-8-6-5-7-23(24)26)17-20-9-12-21(31)15-25(20)32/h5-16H,4,17H2,1-3H3/b27-16+,33-30?. The maximum Gasteiger partial charge on any atom is 0.337 e. The van der Waals surface area contributed by atoms with Crippen molar-refractivity contribution < 1.29 is 14.3 Å². The van der Waals surface area contributed by atoms with Gasteiger partial charge in [0, 0.05) is 45.3 Å². The van der Waals surface area contributed by atoms with Crippen LogP contribution in [0.4, 0.5) is 5.69 Å². The number of hydrogen-bond donors (Lipinski definition) is 0. The predicted molar refractivity (Wildman–Crippen MR) is 160 cm³/mol. The van der Waals surface area contributed by atoms with Gasteiger partial charge in [-0.3, -0.25) is 9.69 Å². The fourth-order valence-corrected chi connectivity index (χ4v) is 6.08. The van der Waals surface area contributed by atoms with Gasteiger partial charge in [0.25, 0.3) is 5.91 Å². The van der Waals surface area contributed by atoms with Crippen LogP contribution in [0.5, 0.6) is 0 Å². The number of carbonyl (C=O) groups is 2. The minimum Gasteiger partial charge on any atom is -0.465 e. The molecule has 0 aliphatic carbocycles. The number of methoxy groups -OCH3 is 1. The first kappa shape index (κ1) is 27.1. The van der Waals surface area contributed by atoms with Gasteiger partial charge in [-0.25, -0.2) is 9.79 Å². The second kappa shape index (κ2) is 11.3. The monoisotopic (exact) mass is 577 g/mol. The highest BCUT2D eigenvalue weighted by atomic mass is 35.5. The Labute approximate surface area is 240 Å². The molecule has 5 rings (SSSR count). The lowest BCUT2D eigenvalue weighted by atomic mass is 10.1. The number of para-hydroxylation sites is 1. The molecular formula is C30H25Cl2N3O3S. The number of halogens is 2. The highest BCUT2D eigenvalue weighted by molar-refractivity contribution is 8.18. The topological polar surface area (TPSA) is 63.9 Å². The summed E-state index contributed by atoms with van der Waals surface area (Å²) in [6.07, 6.45) is 1.95. The Morgan fingerprint density at radius 1 is 1.08 bits per heavy atom. The molecule has 0 radical (unpaired) electrons. The summed E-state index contributed by atoms with van der Waals surface area (Å²) in [7, 11) is 1.34. The highest BCUT2D eigenvalue weighted by Crippen LogP contribution is 2.37. The first-order valence-electron chi connectivity index (χ1n) is 12.3. The van der Waals surface area contributed by atoms with Crippen molar-refractivity contribution in [1.82, 2.24) is 9.47 Å². The molecule has 0 N–H and O–H groups in total. The summed E-state index contributed by atoms with van der Waals surface area (Å²) in [4.78, 5) is 32.1. The fraction of sp³-hybridized carbons (Fsp3) is 0.167. The Morgan fingerprint density at radius 3 is 2.51 bits per heavy atom. The molecule has 6 nitrogen and oxygen atoms in total. The molecule has 1 aliphatic heterocycles. The van der Waals surface area contributed by atoms with Gasteiger partial charge in [-0.05, 0) is 79.7 Å². The number of benzene rings is 3. The largest absolute Gasteiger partial charge is 0.465 e. The van der Waals surface area contributed by atoms with Crippen LogP contribution < -0.4 is 0 Å². The number of rotatable bonds is 6. The third-order valence-corrected chi connectivity index (χ3v) is 8.21. The lowest BCUT2D eigenvalue weighted by Crippen LogP contribution is -2.28. The van der Waals surface area contributed by atoms with Crippen molar-refractivity contribution in [1.29, 1.82) is 0 Å². The number of hydrogen-bond acceptors (Lipinski definition) is 5. The average Bonchev–Trinajstić information content (AvgIpc) is 3.38. The molecular weight excluding hydrogens is 553 g/mol. The Bertz CT molecular complexity index is 1660. The van der Waals surface area contributed by atoms with E-state index in [2.05, 4.69) is 23.6 Å². The normalized spacial score (nSPS) is 15.6. The van der Waals surface area contributed by atoms with Crippen molar-refractivity contribution in [2.75, 3.05) is 13.7 Å². The van der Waals surface area contributed by atoms with E-state index in [0.29, 0.717) is 44.5 Å². The van der Waals surface area contributed by atoms with Crippen LogP contribution in [0.2, 0.25) is 10.0 Å². The summed E-state index contributed by atoms with van der Waals surface area (Å²) in [5, 5.41) is 2.85. The van der Waals surface area contributed by atoms with Gasteiger partial charge < -0.3 is 9.30 Å². The van der Waals surface area contributed by atoms with Crippen molar-refractivity contribution in [2.24, 2.45) is 4.99 Å². The number of likely N-dealkylation sites (N-methyl/N-ethyl adjacent to an activating group) is 1. The van der Waals surface area contributed by atoms with Gasteiger partial charge in [-0.15, -0.1) is 0 Å². The number of nitrogens with zero attached hydrogens (tertiary/aromatic N) is 3. The molecule has 39 heavy (non-hydrogen) atoms. The summed E-state index contributed by atoms with van der Waals surface area (Å²) in [6.45, 7) is 5.03. The molecule has 1 aromatic heterocycles. The Kier molecular flexibility index (Phi) is 7.84. The van der Waals surface area contributed by atoms with Crippen LogP contribution in [0.3, 0.4) is 0 Å². The molecule has 9 heteroatoms. The molecule has 2 heterocycles. The van der Waals surface area contributed by atoms with Crippen LogP contribution >= 0.6 is 35.0 Å². The molecule has 3 aromatic carbocycles. The van der Waals surface area contributed by atoms with Crippen LogP contribution in [-0.2, 0) is 16.1 Å². The van der Waals surface area contributed by atoms with Crippen LogP contribution in [0, 0.1) is 6.92 Å². The Balaban J connectivity index is 1.52.